The second kappa shape index (κ2) is 11.5. The van der Waals surface area contributed by atoms with Crippen LogP contribution in [0.1, 0.15) is 22.3 Å². The van der Waals surface area contributed by atoms with Gasteiger partial charge in [-0.15, -0.1) is 0 Å². The van der Waals surface area contributed by atoms with Crippen molar-refractivity contribution in [1.82, 2.24) is 4.90 Å². The molecule has 3 rings (SSSR count). The fraction of sp³-hybridized carbons (Fsp3) is 0.192. The van der Waals surface area contributed by atoms with Gasteiger partial charge in [-0.25, -0.2) is 0 Å². The summed E-state index contributed by atoms with van der Waals surface area (Å²) in [4.78, 5) is 37.9. The Morgan fingerprint density at radius 3 is 2.15 bits per heavy atom. The van der Waals surface area contributed by atoms with Gasteiger partial charge in [0, 0.05) is 43.1 Å². The molecule has 0 atom stereocenters. The van der Waals surface area contributed by atoms with Crippen molar-refractivity contribution in [3.8, 4) is 0 Å². The molecule has 0 radical (unpaired) electrons. The van der Waals surface area contributed by atoms with Crippen LogP contribution in [0.3, 0.4) is 0 Å². The van der Waals surface area contributed by atoms with Crippen molar-refractivity contribution in [3.63, 3.8) is 0 Å². The highest BCUT2D eigenvalue weighted by atomic mass is 16.2. The van der Waals surface area contributed by atoms with E-state index in [2.05, 4.69) is 16.0 Å². The van der Waals surface area contributed by atoms with Gasteiger partial charge in [-0.05, 0) is 54.4 Å². The van der Waals surface area contributed by atoms with Gasteiger partial charge >= 0.3 is 0 Å². The van der Waals surface area contributed by atoms with E-state index in [0.29, 0.717) is 29.8 Å². The number of carbonyl (C=O) groups is 3. The second-order valence-corrected chi connectivity index (χ2v) is 7.79. The third kappa shape index (κ3) is 7.50. The number of anilines is 3. The van der Waals surface area contributed by atoms with E-state index in [1.54, 1.807) is 49.3 Å². The standard InChI is InChI=1S/C26H28N4O3/c1-30(2)25(32)16-13-19-11-14-21(15-12-19)28-24(31)18-27-22-9-6-10-23(17-22)29-26(33)20-7-4-3-5-8-20/h3-12,14-15,17,27H,13,16,18H2,1-2H3,(H,28,31)(H,29,33). The summed E-state index contributed by atoms with van der Waals surface area (Å²) in [6.45, 7) is 0.0785. The van der Waals surface area contributed by atoms with Gasteiger partial charge in [-0.2, -0.15) is 0 Å². The highest BCUT2D eigenvalue weighted by Crippen LogP contribution is 2.16. The number of amides is 3. The number of carbonyl (C=O) groups excluding carboxylic acids is 3. The van der Waals surface area contributed by atoms with Crippen molar-refractivity contribution in [3.05, 3.63) is 90.0 Å². The minimum Gasteiger partial charge on any atom is -0.376 e. The number of rotatable bonds is 9. The van der Waals surface area contributed by atoms with Gasteiger partial charge in [0.05, 0.1) is 6.54 Å². The van der Waals surface area contributed by atoms with Crippen LogP contribution < -0.4 is 16.0 Å². The van der Waals surface area contributed by atoms with Crippen LogP contribution in [0.15, 0.2) is 78.9 Å². The molecule has 0 spiro atoms. The Balaban J connectivity index is 1.47. The first-order valence-electron chi connectivity index (χ1n) is 10.7. The third-order valence-corrected chi connectivity index (χ3v) is 4.97. The van der Waals surface area contributed by atoms with Gasteiger partial charge in [0.2, 0.25) is 11.8 Å². The molecule has 3 aromatic rings. The van der Waals surface area contributed by atoms with Gasteiger partial charge in [-0.3, -0.25) is 14.4 Å². The molecular weight excluding hydrogens is 416 g/mol. The maximum Gasteiger partial charge on any atom is 0.255 e. The molecule has 3 aromatic carbocycles. The molecule has 0 aliphatic heterocycles. The van der Waals surface area contributed by atoms with E-state index < -0.39 is 0 Å². The maximum absolute atomic E-state index is 12.3. The molecule has 7 nitrogen and oxygen atoms in total. The van der Waals surface area contributed by atoms with Gasteiger partial charge in [-0.1, -0.05) is 36.4 Å². The normalized spacial score (nSPS) is 10.2. The Morgan fingerprint density at radius 1 is 0.758 bits per heavy atom. The smallest absolute Gasteiger partial charge is 0.255 e. The lowest BCUT2D eigenvalue weighted by molar-refractivity contribution is -0.128. The van der Waals surface area contributed by atoms with Crippen molar-refractivity contribution in [1.29, 1.82) is 0 Å². The van der Waals surface area contributed by atoms with Crippen molar-refractivity contribution >= 4 is 34.8 Å². The van der Waals surface area contributed by atoms with Crippen LogP contribution in [0.5, 0.6) is 0 Å². The SMILES string of the molecule is CN(C)C(=O)CCc1ccc(NC(=O)CNc2cccc(NC(=O)c3ccccc3)c2)cc1. The Kier molecular flexibility index (Phi) is 8.18. The van der Waals surface area contributed by atoms with Crippen LogP contribution in [0, 0.1) is 0 Å². The Morgan fingerprint density at radius 2 is 1.45 bits per heavy atom. The Bertz CT molecular complexity index is 1100. The first-order chi connectivity index (χ1) is 15.9. The number of hydrogen-bond donors (Lipinski definition) is 3. The molecule has 0 saturated carbocycles. The summed E-state index contributed by atoms with van der Waals surface area (Å²) in [6.07, 6.45) is 1.11. The van der Waals surface area contributed by atoms with E-state index in [4.69, 9.17) is 0 Å². The number of nitrogens with one attached hydrogen (secondary N) is 3. The van der Waals surface area contributed by atoms with E-state index in [-0.39, 0.29) is 24.3 Å². The predicted molar refractivity (Wildman–Crippen MR) is 131 cm³/mol. The van der Waals surface area contributed by atoms with Gasteiger partial charge in [0.25, 0.3) is 5.91 Å². The average molecular weight is 445 g/mol. The molecule has 7 heteroatoms. The number of benzene rings is 3. The van der Waals surface area contributed by atoms with E-state index in [0.717, 1.165) is 11.3 Å². The summed E-state index contributed by atoms with van der Waals surface area (Å²) >= 11 is 0. The predicted octanol–water partition coefficient (Wildman–Crippen LogP) is 4.01. The van der Waals surface area contributed by atoms with Crippen molar-refractivity contribution < 1.29 is 14.4 Å². The highest BCUT2D eigenvalue weighted by molar-refractivity contribution is 6.04. The molecule has 0 unspecified atom stereocenters. The molecule has 0 bridgehead atoms. The van der Waals surface area contributed by atoms with Gasteiger partial charge < -0.3 is 20.9 Å². The monoisotopic (exact) mass is 444 g/mol. The summed E-state index contributed by atoms with van der Waals surface area (Å²) in [5.41, 5.74) is 3.66. The quantitative estimate of drug-likeness (QED) is 0.465. The highest BCUT2D eigenvalue weighted by Gasteiger charge is 2.08. The van der Waals surface area contributed by atoms with Gasteiger partial charge in [0.1, 0.15) is 0 Å². The van der Waals surface area contributed by atoms with E-state index in [1.807, 2.05) is 48.5 Å². The first-order valence-corrected chi connectivity index (χ1v) is 10.7. The van der Waals surface area contributed by atoms with E-state index in [9.17, 15) is 14.4 Å². The largest absolute Gasteiger partial charge is 0.376 e. The Labute approximate surface area is 193 Å². The topological polar surface area (TPSA) is 90.5 Å². The molecular formula is C26H28N4O3. The van der Waals surface area contributed by atoms with Crippen LogP contribution in [0.25, 0.3) is 0 Å². The number of hydrogen-bond acceptors (Lipinski definition) is 4. The molecule has 3 amide bonds. The molecule has 0 heterocycles. The third-order valence-electron chi connectivity index (χ3n) is 4.97. The van der Waals surface area contributed by atoms with Crippen LogP contribution in [-0.4, -0.2) is 43.3 Å². The van der Waals surface area contributed by atoms with E-state index in [1.165, 1.54) is 0 Å². The molecule has 33 heavy (non-hydrogen) atoms. The van der Waals surface area contributed by atoms with E-state index >= 15 is 0 Å². The van der Waals surface area contributed by atoms with Crippen LogP contribution in [0.4, 0.5) is 17.1 Å². The second-order valence-electron chi connectivity index (χ2n) is 7.79. The minimum atomic E-state index is -0.194. The van der Waals surface area contributed by atoms with Crippen LogP contribution >= 0.6 is 0 Å². The van der Waals surface area contributed by atoms with Crippen molar-refractivity contribution in [2.45, 2.75) is 12.8 Å². The summed E-state index contributed by atoms with van der Waals surface area (Å²) in [5, 5.41) is 8.76. The van der Waals surface area contributed by atoms with Gasteiger partial charge in [0.15, 0.2) is 0 Å². The fourth-order valence-corrected chi connectivity index (χ4v) is 3.12. The lowest BCUT2D eigenvalue weighted by Gasteiger charge is -2.11. The molecule has 3 N–H and O–H groups in total. The summed E-state index contributed by atoms with van der Waals surface area (Å²) in [6, 6.07) is 23.6. The minimum absolute atomic E-state index is 0.0785. The van der Waals surface area contributed by atoms with Crippen LogP contribution in [-0.2, 0) is 16.0 Å². The maximum atomic E-state index is 12.3. The summed E-state index contributed by atoms with van der Waals surface area (Å²) in [7, 11) is 3.48. The molecule has 0 aromatic heterocycles. The van der Waals surface area contributed by atoms with Crippen LogP contribution in [0.2, 0.25) is 0 Å². The molecule has 0 aliphatic rings. The fourth-order valence-electron chi connectivity index (χ4n) is 3.12. The molecule has 170 valence electrons. The van der Waals surface area contributed by atoms with Crippen molar-refractivity contribution in [2.75, 3.05) is 36.6 Å². The molecule has 0 fully saturated rings. The first kappa shape index (κ1) is 23.5. The molecule has 0 aliphatic carbocycles. The zero-order chi connectivity index (χ0) is 23.6. The zero-order valence-electron chi connectivity index (χ0n) is 18.8. The average Bonchev–Trinajstić information content (AvgIpc) is 2.83. The van der Waals surface area contributed by atoms with Crippen molar-refractivity contribution in [2.24, 2.45) is 0 Å². The Hall–Kier alpha value is -4.13. The molecule has 0 saturated heterocycles. The lowest BCUT2D eigenvalue weighted by atomic mass is 10.1. The summed E-state index contributed by atoms with van der Waals surface area (Å²) < 4.78 is 0. The lowest BCUT2D eigenvalue weighted by Crippen LogP contribution is -2.22. The number of nitrogens with zero attached hydrogens (tertiary/aromatic N) is 1. The zero-order valence-corrected chi connectivity index (χ0v) is 18.8. The summed E-state index contributed by atoms with van der Waals surface area (Å²) in [5.74, 6) is -0.300. The number of aryl methyl sites for hydroxylation is 1.